The van der Waals surface area contributed by atoms with E-state index in [-0.39, 0.29) is 6.10 Å². The van der Waals surface area contributed by atoms with Gasteiger partial charge < -0.3 is 14.8 Å². The average molecular weight is 316 g/mol. The number of benzene rings is 1. The first-order valence-corrected chi connectivity index (χ1v) is 7.05. The molecule has 0 saturated carbocycles. The number of methoxy groups -OCH3 is 1. The number of ether oxygens (including phenoxy) is 2. The maximum atomic E-state index is 5.91. The molecule has 0 fully saturated rings. The van der Waals surface area contributed by atoms with E-state index in [4.69, 9.17) is 9.47 Å². The molecule has 102 valence electrons. The Balaban J connectivity index is 2.30. The van der Waals surface area contributed by atoms with Gasteiger partial charge >= 0.3 is 0 Å². The molecule has 0 aliphatic carbocycles. The van der Waals surface area contributed by atoms with Crippen molar-refractivity contribution in [2.75, 3.05) is 26.8 Å². The van der Waals surface area contributed by atoms with Crippen molar-refractivity contribution >= 4 is 15.9 Å². The third-order valence-electron chi connectivity index (χ3n) is 2.61. The largest absolute Gasteiger partial charge is 0.489 e. The van der Waals surface area contributed by atoms with Gasteiger partial charge in [0.2, 0.25) is 0 Å². The normalized spacial score (nSPS) is 12.4. The minimum Gasteiger partial charge on any atom is -0.489 e. The molecule has 1 aromatic rings. The molecule has 18 heavy (non-hydrogen) atoms. The van der Waals surface area contributed by atoms with Gasteiger partial charge in [0.1, 0.15) is 11.9 Å². The molecule has 4 heteroatoms. The third kappa shape index (κ3) is 5.85. The van der Waals surface area contributed by atoms with Crippen LogP contribution in [0.2, 0.25) is 0 Å². The predicted molar refractivity (Wildman–Crippen MR) is 78.3 cm³/mol. The highest BCUT2D eigenvalue weighted by molar-refractivity contribution is 9.10. The van der Waals surface area contributed by atoms with Crippen molar-refractivity contribution in [1.82, 2.24) is 5.32 Å². The van der Waals surface area contributed by atoms with Crippen LogP contribution in [0.15, 0.2) is 22.7 Å². The van der Waals surface area contributed by atoms with Gasteiger partial charge in [-0.05, 0) is 44.5 Å². The molecule has 3 nitrogen and oxygen atoms in total. The monoisotopic (exact) mass is 315 g/mol. The van der Waals surface area contributed by atoms with Gasteiger partial charge in [0.25, 0.3) is 0 Å². The van der Waals surface area contributed by atoms with Crippen molar-refractivity contribution in [2.24, 2.45) is 0 Å². The van der Waals surface area contributed by atoms with E-state index in [2.05, 4.69) is 41.2 Å². The summed E-state index contributed by atoms with van der Waals surface area (Å²) in [7, 11) is 1.72. The molecular weight excluding hydrogens is 294 g/mol. The Kier molecular flexibility index (Phi) is 7.32. The minimum atomic E-state index is 0.153. The zero-order valence-electron chi connectivity index (χ0n) is 11.3. The summed E-state index contributed by atoms with van der Waals surface area (Å²) in [5.74, 6) is 0.940. The van der Waals surface area contributed by atoms with E-state index in [1.807, 2.05) is 12.1 Å². The van der Waals surface area contributed by atoms with E-state index in [0.717, 1.165) is 41.9 Å². The van der Waals surface area contributed by atoms with Crippen molar-refractivity contribution < 1.29 is 9.47 Å². The van der Waals surface area contributed by atoms with Crippen LogP contribution in [-0.2, 0) is 4.74 Å². The molecule has 1 N–H and O–H groups in total. The SMILES string of the molecule is COCCCNCC(C)Oc1cc(Br)ccc1C. The summed E-state index contributed by atoms with van der Waals surface area (Å²) >= 11 is 3.46. The van der Waals surface area contributed by atoms with Crippen LogP contribution in [0.3, 0.4) is 0 Å². The van der Waals surface area contributed by atoms with Gasteiger partial charge in [0, 0.05) is 24.7 Å². The lowest BCUT2D eigenvalue weighted by atomic mass is 10.2. The fourth-order valence-corrected chi connectivity index (χ4v) is 1.95. The van der Waals surface area contributed by atoms with E-state index < -0.39 is 0 Å². The highest BCUT2D eigenvalue weighted by Crippen LogP contribution is 2.23. The second kappa shape index (κ2) is 8.51. The van der Waals surface area contributed by atoms with Crippen molar-refractivity contribution in [3.63, 3.8) is 0 Å². The van der Waals surface area contributed by atoms with Crippen molar-refractivity contribution in [3.05, 3.63) is 28.2 Å². The molecule has 1 atom stereocenters. The van der Waals surface area contributed by atoms with Gasteiger partial charge in [-0.25, -0.2) is 0 Å². The summed E-state index contributed by atoms with van der Waals surface area (Å²) in [6.07, 6.45) is 1.18. The number of hydrogen-bond donors (Lipinski definition) is 1. The van der Waals surface area contributed by atoms with Crippen LogP contribution in [0, 0.1) is 6.92 Å². The average Bonchev–Trinajstić information content (AvgIpc) is 2.33. The van der Waals surface area contributed by atoms with Gasteiger partial charge in [0.15, 0.2) is 0 Å². The van der Waals surface area contributed by atoms with Gasteiger partial charge in [-0.1, -0.05) is 22.0 Å². The lowest BCUT2D eigenvalue weighted by Gasteiger charge is -2.17. The standard InChI is InChI=1S/C14H22BrNO2/c1-11-5-6-13(15)9-14(11)18-12(2)10-16-7-4-8-17-3/h5-6,9,12,16H,4,7-8,10H2,1-3H3. The second-order valence-corrected chi connectivity index (χ2v) is 5.30. The van der Waals surface area contributed by atoms with E-state index in [1.54, 1.807) is 7.11 Å². The molecule has 1 rings (SSSR count). The third-order valence-corrected chi connectivity index (χ3v) is 3.11. The Morgan fingerprint density at radius 1 is 1.39 bits per heavy atom. The second-order valence-electron chi connectivity index (χ2n) is 4.39. The van der Waals surface area contributed by atoms with Crippen LogP contribution in [0.5, 0.6) is 5.75 Å². The van der Waals surface area contributed by atoms with Gasteiger partial charge in [-0.2, -0.15) is 0 Å². The summed E-state index contributed by atoms with van der Waals surface area (Å²) < 4.78 is 12.0. The maximum absolute atomic E-state index is 5.91. The number of aryl methyl sites for hydroxylation is 1. The Hall–Kier alpha value is -0.580. The van der Waals surface area contributed by atoms with E-state index in [9.17, 15) is 0 Å². The quantitative estimate of drug-likeness (QED) is 0.747. The van der Waals surface area contributed by atoms with Crippen LogP contribution in [0.4, 0.5) is 0 Å². The summed E-state index contributed by atoms with van der Waals surface area (Å²) in [6, 6.07) is 6.09. The van der Waals surface area contributed by atoms with E-state index in [1.165, 1.54) is 0 Å². The molecule has 0 saturated heterocycles. The van der Waals surface area contributed by atoms with Crippen LogP contribution in [0.1, 0.15) is 18.9 Å². The van der Waals surface area contributed by atoms with Gasteiger partial charge in [-0.15, -0.1) is 0 Å². The molecule has 0 aliphatic rings. The van der Waals surface area contributed by atoms with Crippen LogP contribution in [-0.4, -0.2) is 32.9 Å². The lowest BCUT2D eigenvalue weighted by molar-refractivity contribution is 0.188. The molecule has 0 spiro atoms. The Bertz CT molecular complexity index is 358. The summed E-state index contributed by atoms with van der Waals surface area (Å²) in [4.78, 5) is 0. The smallest absolute Gasteiger partial charge is 0.123 e. The zero-order valence-corrected chi connectivity index (χ0v) is 12.9. The van der Waals surface area contributed by atoms with Crippen LogP contribution in [0.25, 0.3) is 0 Å². The fraction of sp³-hybridized carbons (Fsp3) is 0.571. The molecule has 0 bridgehead atoms. The highest BCUT2D eigenvalue weighted by Gasteiger charge is 2.06. The summed E-state index contributed by atoms with van der Waals surface area (Å²) in [5, 5.41) is 3.36. The Morgan fingerprint density at radius 3 is 2.89 bits per heavy atom. The molecule has 0 aliphatic heterocycles. The number of rotatable bonds is 8. The Labute approximate surface area is 118 Å². The predicted octanol–water partition coefficient (Wildman–Crippen LogP) is 3.15. The topological polar surface area (TPSA) is 30.5 Å². The summed E-state index contributed by atoms with van der Waals surface area (Å²) in [5.41, 5.74) is 1.16. The first kappa shape index (κ1) is 15.5. The zero-order chi connectivity index (χ0) is 13.4. The van der Waals surface area contributed by atoms with E-state index >= 15 is 0 Å². The molecule has 0 heterocycles. The van der Waals surface area contributed by atoms with Crippen molar-refractivity contribution in [2.45, 2.75) is 26.4 Å². The fourth-order valence-electron chi connectivity index (χ4n) is 1.61. The van der Waals surface area contributed by atoms with Gasteiger partial charge in [-0.3, -0.25) is 0 Å². The first-order chi connectivity index (χ1) is 8.63. The minimum absolute atomic E-state index is 0.153. The van der Waals surface area contributed by atoms with Crippen LogP contribution >= 0.6 is 15.9 Å². The molecule has 1 unspecified atom stereocenters. The molecular formula is C14H22BrNO2. The molecule has 0 radical (unpaired) electrons. The first-order valence-electron chi connectivity index (χ1n) is 6.26. The van der Waals surface area contributed by atoms with Crippen LogP contribution < -0.4 is 10.1 Å². The Morgan fingerprint density at radius 2 is 2.17 bits per heavy atom. The number of nitrogens with one attached hydrogen (secondary N) is 1. The highest BCUT2D eigenvalue weighted by atomic mass is 79.9. The number of hydrogen-bond acceptors (Lipinski definition) is 3. The van der Waals surface area contributed by atoms with Crippen molar-refractivity contribution in [1.29, 1.82) is 0 Å². The molecule has 1 aromatic carbocycles. The maximum Gasteiger partial charge on any atom is 0.123 e. The molecule has 0 aromatic heterocycles. The van der Waals surface area contributed by atoms with E-state index in [0.29, 0.717) is 0 Å². The van der Waals surface area contributed by atoms with Gasteiger partial charge in [0.05, 0.1) is 0 Å². The number of halogens is 1. The lowest BCUT2D eigenvalue weighted by Crippen LogP contribution is -2.30. The van der Waals surface area contributed by atoms with Crippen molar-refractivity contribution in [3.8, 4) is 5.75 Å². The molecule has 0 amide bonds. The summed E-state index contributed by atoms with van der Waals surface area (Å²) in [6.45, 7) is 6.73.